The van der Waals surface area contributed by atoms with E-state index < -0.39 is 5.97 Å². The summed E-state index contributed by atoms with van der Waals surface area (Å²) in [5, 5.41) is 19.1. The molecule has 0 saturated carbocycles. The van der Waals surface area contributed by atoms with Gasteiger partial charge in [0.2, 0.25) is 0 Å². The number of aliphatic hydroxyl groups is 1. The molecule has 0 radical (unpaired) electrons. The summed E-state index contributed by atoms with van der Waals surface area (Å²) in [4.78, 5) is 19.6. The van der Waals surface area contributed by atoms with Crippen LogP contribution in [0.15, 0.2) is 41.5 Å². The molecule has 0 bridgehead atoms. The molecule has 2 heterocycles. The molecule has 0 saturated heterocycles. The Balaban J connectivity index is 1.92. The minimum absolute atomic E-state index is 0.00631. The van der Waals surface area contributed by atoms with Gasteiger partial charge in [0.25, 0.3) is 0 Å². The van der Waals surface area contributed by atoms with Gasteiger partial charge in [0.05, 0.1) is 23.9 Å². The van der Waals surface area contributed by atoms with Gasteiger partial charge in [-0.3, -0.25) is 0 Å². The van der Waals surface area contributed by atoms with Crippen molar-refractivity contribution in [1.82, 2.24) is 24.7 Å². The zero-order chi connectivity index (χ0) is 18.7. The predicted molar refractivity (Wildman–Crippen MR) is 98.8 cm³/mol. The molecule has 8 nitrogen and oxygen atoms in total. The van der Waals surface area contributed by atoms with Gasteiger partial charge in [-0.15, -0.1) is 10.2 Å². The summed E-state index contributed by atoms with van der Waals surface area (Å²) in [5.41, 5.74) is 1.47. The second-order valence-electron chi connectivity index (χ2n) is 5.82. The average molecular weight is 373 g/mol. The number of carbonyl (C=O) groups is 1. The molecule has 1 aromatic carbocycles. The van der Waals surface area contributed by atoms with Crippen LogP contribution in [-0.4, -0.2) is 48.7 Å². The molecule has 2 aromatic heterocycles. The normalized spacial score (nSPS) is 12.5. The van der Waals surface area contributed by atoms with Gasteiger partial charge >= 0.3 is 5.97 Å². The van der Waals surface area contributed by atoms with Crippen LogP contribution in [0.2, 0.25) is 0 Å². The maximum Gasteiger partial charge on any atom is 0.345 e. The van der Waals surface area contributed by atoms with Crippen molar-refractivity contribution in [1.29, 1.82) is 0 Å². The number of esters is 1. The Morgan fingerprint density at radius 2 is 2.15 bits per heavy atom. The van der Waals surface area contributed by atoms with Crippen LogP contribution in [0.4, 0.5) is 0 Å². The Morgan fingerprint density at radius 1 is 1.38 bits per heavy atom. The van der Waals surface area contributed by atoms with Gasteiger partial charge in [-0.05, 0) is 26.0 Å². The number of carbonyl (C=O) groups excluding carboxylic acids is 1. The van der Waals surface area contributed by atoms with E-state index in [1.165, 1.54) is 18.9 Å². The zero-order valence-electron chi connectivity index (χ0n) is 14.6. The number of hydrogen-bond acceptors (Lipinski definition) is 7. The Kier molecular flexibility index (Phi) is 5.27. The van der Waals surface area contributed by atoms with Gasteiger partial charge in [-0.25, -0.2) is 9.78 Å². The number of ether oxygens (including phenoxy) is 1. The van der Waals surface area contributed by atoms with Crippen molar-refractivity contribution < 1.29 is 14.6 Å². The quantitative estimate of drug-likeness (QED) is 0.296. The maximum absolute atomic E-state index is 12.2. The lowest BCUT2D eigenvalue weighted by atomic mass is 10.2. The number of thioether (sulfide) groups is 1. The van der Waals surface area contributed by atoms with Crippen LogP contribution in [0.1, 0.15) is 25.7 Å². The molecule has 0 fully saturated rings. The topological polar surface area (TPSA) is 106 Å². The first kappa shape index (κ1) is 18.0. The number of hydrogen-bond donors (Lipinski definition) is 2. The Labute approximate surface area is 154 Å². The van der Waals surface area contributed by atoms with Crippen LogP contribution in [0.25, 0.3) is 16.6 Å². The van der Waals surface area contributed by atoms with Crippen LogP contribution in [0.5, 0.6) is 0 Å². The van der Waals surface area contributed by atoms with E-state index in [-0.39, 0.29) is 29.0 Å². The van der Waals surface area contributed by atoms with Gasteiger partial charge in [0.15, 0.2) is 5.16 Å². The number of nitrogens with one attached hydrogen (secondary N) is 1. The Hall–Kier alpha value is -2.81. The summed E-state index contributed by atoms with van der Waals surface area (Å²) >= 11 is 1.28. The van der Waals surface area contributed by atoms with E-state index in [2.05, 4.69) is 20.2 Å². The lowest BCUT2D eigenvalue weighted by Gasteiger charge is -2.10. The molecule has 9 heteroatoms. The minimum atomic E-state index is -0.660. The number of benzene rings is 1. The molecule has 0 spiro atoms. The van der Waals surface area contributed by atoms with Crippen LogP contribution < -0.4 is 0 Å². The lowest BCUT2D eigenvalue weighted by molar-refractivity contribution is -0.133. The fourth-order valence-electron chi connectivity index (χ4n) is 2.42. The number of nitrogens with zero attached hydrogens (tertiary/aromatic N) is 4. The molecule has 3 aromatic rings. The number of aliphatic hydroxyl groups excluding tert-OH is 1. The van der Waals surface area contributed by atoms with Crippen molar-refractivity contribution in [2.75, 3.05) is 12.9 Å². The second-order valence-corrected chi connectivity index (χ2v) is 6.76. The molecule has 26 heavy (non-hydrogen) atoms. The van der Waals surface area contributed by atoms with Crippen molar-refractivity contribution >= 4 is 34.3 Å². The summed E-state index contributed by atoms with van der Waals surface area (Å²) in [6.45, 7) is 4.02. The van der Waals surface area contributed by atoms with Crippen LogP contribution in [0.3, 0.4) is 0 Å². The number of para-hydroxylation sites is 2. The zero-order valence-corrected chi connectivity index (χ0v) is 15.4. The fourth-order valence-corrected chi connectivity index (χ4v) is 3.34. The van der Waals surface area contributed by atoms with E-state index in [1.54, 1.807) is 6.33 Å². The SMILES string of the molecule is COC(=O)/C(=C(/O)CSc1nncn1C(C)C)c1nc2ccccc2[nH]1. The molecule has 0 unspecified atom stereocenters. The van der Waals surface area contributed by atoms with E-state index in [9.17, 15) is 9.90 Å². The third-order valence-corrected chi connectivity index (χ3v) is 4.71. The van der Waals surface area contributed by atoms with Gasteiger partial charge in [-0.1, -0.05) is 23.9 Å². The highest BCUT2D eigenvalue weighted by Gasteiger charge is 2.22. The number of aromatic amines is 1. The fraction of sp³-hybridized carbons (Fsp3) is 0.294. The number of aromatic nitrogens is 5. The molecule has 0 aliphatic rings. The third kappa shape index (κ3) is 3.57. The Morgan fingerprint density at radius 3 is 2.85 bits per heavy atom. The van der Waals surface area contributed by atoms with Crippen molar-refractivity contribution in [2.45, 2.75) is 25.0 Å². The van der Waals surface area contributed by atoms with Crippen molar-refractivity contribution in [2.24, 2.45) is 0 Å². The summed E-state index contributed by atoms with van der Waals surface area (Å²) in [6.07, 6.45) is 1.63. The third-order valence-electron chi connectivity index (χ3n) is 3.74. The molecule has 0 amide bonds. The number of fused-ring (bicyclic) bond motifs is 1. The summed E-state index contributed by atoms with van der Waals surface area (Å²) in [6, 6.07) is 7.57. The van der Waals surface area contributed by atoms with Crippen LogP contribution in [0, 0.1) is 0 Å². The molecule has 0 aliphatic heterocycles. The van der Waals surface area contributed by atoms with Gasteiger partial charge < -0.3 is 19.4 Å². The summed E-state index contributed by atoms with van der Waals surface area (Å²) < 4.78 is 6.71. The highest BCUT2D eigenvalue weighted by Crippen LogP contribution is 2.25. The van der Waals surface area contributed by atoms with Crippen molar-refractivity contribution in [3.63, 3.8) is 0 Å². The molecule has 0 aliphatic carbocycles. The largest absolute Gasteiger partial charge is 0.510 e. The standard InChI is InChI=1S/C17H19N5O3S/c1-10(2)22-9-18-21-17(22)26-8-13(23)14(16(24)25-3)15-19-11-6-4-5-7-12(11)20-15/h4-7,9-10,23H,8H2,1-3H3,(H,19,20)/b14-13+. The first-order valence-electron chi connectivity index (χ1n) is 7.99. The average Bonchev–Trinajstić information content (AvgIpc) is 3.26. The van der Waals surface area contributed by atoms with Gasteiger partial charge in [-0.2, -0.15) is 0 Å². The molecular formula is C17H19N5O3S. The van der Waals surface area contributed by atoms with E-state index in [0.717, 1.165) is 5.52 Å². The number of rotatable bonds is 6. The van der Waals surface area contributed by atoms with Gasteiger partial charge in [0.1, 0.15) is 23.5 Å². The van der Waals surface area contributed by atoms with E-state index in [4.69, 9.17) is 4.74 Å². The minimum Gasteiger partial charge on any atom is -0.510 e. The summed E-state index contributed by atoms with van der Waals surface area (Å²) in [7, 11) is 1.26. The highest BCUT2D eigenvalue weighted by molar-refractivity contribution is 7.99. The molecule has 2 N–H and O–H groups in total. The first-order valence-corrected chi connectivity index (χ1v) is 8.97. The molecular weight excluding hydrogens is 354 g/mol. The van der Waals surface area contributed by atoms with E-state index in [1.807, 2.05) is 42.7 Å². The lowest BCUT2D eigenvalue weighted by Crippen LogP contribution is -2.10. The second kappa shape index (κ2) is 7.61. The monoisotopic (exact) mass is 373 g/mol. The van der Waals surface area contributed by atoms with E-state index in [0.29, 0.717) is 10.7 Å². The molecule has 136 valence electrons. The van der Waals surface area contributed by atoms with Crippen molar-refractivity contribution in [3.05, 3.63) is 42.2 Å². The predicted octanol–water partition coefficient (Wildman–Crippen LogP) is 2.97. The molecule has 0 atom stereocenters. The Bertz CT molecular complexity index is 927. The number of H-pyrrole nitrogens is 1. The maximum atomic E-state index is 12.2. The molecule has 3 rings (SSSR count). The van der Waals surface area contributed by atoms with Crippen LogP contribution >= 0.6 is 11.8 Å². The number of methoxy groups -OCH3 is 1. The number of imidazole rings is 1. The van der Waals surface area contributed by atoms with E-state index >= 15 is 0 Å². The van der Waals surface area contributed by atoms with Crippen LogP contribution in [-0.2, 0) is 9.53 Å². The highest BCUT2D eigenvalue weighted by atomic mass is 32.2. The first-order chi connectivity index (χ1) is 12.5. The summed E-state index contributed by atoms with van der Waals surface area (Å²) in [5.74, 6) is -0.402. The van der Waals surface area contributed by atoms with Gasteiger partial charge in [0, 0.05) is 6.04 Å². The van der Waals surface area contributed by atoms with Crippen molar-refractivity contribution in [3.8, 4) is 0 Å². The smallest absolute Gasteiger partial charge is 0.345 e.